The van der Waals surface area contributed by atoms with Gasteiger partial charge in [0.25, 0.3) is 5.91 Å². The molecule has 4 nitrogen and oxygen atoms in total. The summed E-state index contributed by atoms with van der Waals surface area (Å²) in [5.74, 6) is 0.409. The van der Waals surface area contributed by atoms with Crippen LogP contribution in [0.25, 0.3) is 10.1 Å². The molecule has 0 saturated heterocycles. The number of rotatable bonds is 7. The first-order valence-corrected chi connectivity index (χ1v) is 8.55. The molecule has 0 bridgehead atoms. The summed E-state index contributed by atoms with van der Waals surface area (Å²) in [6.45, 7) is 1.11. The van der Waals surface area contributed by atoms with E-state index in [4.69, 9.17) is 16.3 Å². The number of carbonyl (C=O) groups is 1. The number of hydrogen-bond donors (Lipinski definition) is 2. The van der Waals surface area contributed by atoms with E-state index in [1.165, 1.54) is 24.2 Å². The lowest BCUT2D eigenvalue weighted by atomic mass is 10.2. The highest BCUT2D eigenvalue weighted by Gasteiger charge is 2.22. The second kappa shape index (κ2) is 6.96. The number of hydrogen-bond acceptors (Lipinski definition) is 4. The van der Waals surface area contributed by atoms with Crippen LogP contribution in [0.5, 0.6) is 0 Å². The van der Waals surface area contributed by atoms with E-state index in [9.17, 15) is 9.90 Å². The summed E-state index contributed by atoms with van der Waals surface area (Å²) in [5, 5.41) is 13.9. The van der Waals surface area contributed by atoms with Crippen LogP contribution in [0.1, 0.15) is 22.5 Å². The van der Waals surface area contributed by atoms with E-state index in [2.05, 4.69) is 5.32 Å². The van der Waals surface area contributed by atoms with Gasteiger partial charge in [-0.1, -0.05) is 29.8 Å². The Morgan fingerprint density at radius 3 is 2.95 bits per heavy atom. The number of aliphatic hydroxyl groups is 1. The summed E-state index contributed by atoms with van der Waals surface area (Å²) < 4.78 is 6.38. The van der Waals surface area contributed by atoms with Crippen molar-refractivity contribution in [2.75, 3.05) is 19.8 Å². The van der Waals surface area contributed by atoms with E-state index >= 15 is 0 Å². The molecule has 2 aromatic rings. The second-order valence-electron chi connectivity index (χ2n) is 5.59. The zero-order chi connectivity index (χ0) is 15.5. The standard InChI is InChI=1S/C16H18ClNO3S/c17-14-12-3-1-2-4-13(12)22-15(14)16(20)18-7-11(19)9-21-8-10-5-6-10/h1-4,10-11,19H,5-9H2,(H,18,20). The van der Waals surface area contributed by atoms with Crippen LogP contribution in [0.4, 0.5) is 0 Å². The molecule has 0 radical (unpaired) electrons. The van der Waals surface area contributed by atoms with Crippen LogP contribution in [0.3, 0.4) is 0 Å². The van der Waals surface area contributed by atoms with Gasteiger partial charge in [-0.3, -0.25) is 4.79 Å². The number of aliphatic hydroxyl groups excluding tert-OH is 1. The van der Waals surface area contributed by atoms with Crippen molar-refractivity contribution in [3.63, 3.8) is 0 Å². The molecule has 1 saturated carbocycles. The lowest BCUT2D eigenvalue weighted by molar-refractivity contribution is 0.0321. The van der Waals surface area contributed by atoms with E-state index in [1.54, 1.807) is 0 Å². The smallest absolute Gasteiger partial charge is 0.263 e. The Kier molecular flexibility index (Phi) is 4.98. The summed E-state index contributed by atoms with van der Waals surface area (Å²) in [7, 11) is 0. The molecular weight excluding hydrogens is 322 g/mol. The van der Waals surface area contributed by atoms with Crippen LogP contribution in [0.2, 0.25) is 5.02 Å². The van der Waals surface area contributed by atoms with Crippen molar-refractivity contribution < 1.29 is 14.6 Å². The molecule has 1 aromatic heterocycles. The van der Waals surface area contributed by atoms with Gasteiger partial charge in [-0.25, -0.2) is 0 Å². The summed E-state index contributed by atoms with van der Waals surface area (Å²) in [4.78, 5) is 12.7. The van der Waals surface area contributed by atoms with Gasteiger partial charge in [0.05, 0.1) is 17.7 Å². The Morgan fingerprint density at radius 1 is 1.45 bits per heavy atom. The average Bonchev–Trinajstić information content (AvgIpc) is 3.28. The predicted molar refractivity (Wildman–Crippen MR) is 88.7 cm³/mol. The van der Waals surface area contributed by atoms with Gasteiger partial charge in [0.2, 0.25) is 0 Å². The highest BCUT2D eigenvalue weighted by molar-refractivity contribution is 7.21. The van der Waals surface area contributed by atoms with Crippen molar-refractivity contribution >= 4 is 38.9 Å². The molecule has 22 heavy (non-hydrogen) atoms. The first-order valence-electron chi connectivity index (χ1n) is 7.36. The third-order valence-corrected chi connectivity index (χ3v) is 5.27. The maximum atomic E-state index is 12.2. The molecule has 1 aliphatic carbocycles. The maximum Gasteiger partial charge on any atom is 0.263 e. The van der Waals surface area contributed by atoms with Crippen LogP contribution < -0.4 is 5.32 Å². The van der Waals surface area contributed by atoms with Gasteiger partial charge >= 0.3 is 0 Å². The number of nitrogens with one attached hydrogen (secondary N) is 1. The van der Waals surface area contributed by atoms with Crippen molar-refractivity contribution in [1.29, 1.82) is 0 Å². The van der Waals surface area contributed by atoms with Crippen LogP contribution in [0.15, 0.2) is 24.3 Å². The molecule has 118 valence electrons. The molecule has 1 heterocycles. The van der Waals surface area contributed by atoms with E-state index in [1.807, 2.05) is 24.3 Å². The summed E-state index contributed by atoms with van der Waals surface area (Å²) in [6.07, 6.45) is 1.74. The fourth-order valence-electron chi connectivity index (χ4n) is 2.17. The molecule has 0 spiro atoms. The number of benzene rings is 1. The van der Waals surface area contributed by atoms with E-state index in [0.29, 0.717) is 22.4 Å². The van der Waals surface area contributed by atoms with Crippen molar-refractivity contribution in [1.82, 2.24) is 5.32 Å². The molecule has 3 rings (SSSR count). The summed E-state index contributed by atoms with van der Waals surface area (Å²) in [5.41, 5.74) is 0. The Morgan fingerprint density at radius 2 is 2.23 bits per heavy atom. The van der Waals surface area contributed by atoms with Crippen molar-refractivity contribution in [2.45, 2.75) is 18.9 Å². The van der Waals surface area contributed by atoms with Crippen LogP contribution in [-0.4, -0.2) is 36.9 Å². The molecule has 1 atom stereocenters. The van der Waals surface area contributed by atoms with Gasteiger partial charge in [0.1, 0.15) is 4.88 Å². The number of amides is 1. The summed E-state index contributed by atoms with van der Waals surface area (Å²) in [6, 6.07) is 7.64. The van der Waals surface area contributed by atoms with E-state index in [0.717, 1.165) is 10.1 Å². The Balaban J connectivity index is 1.52. The van der Waals surface area contributed by atoms with Gasteiger partial charge in [0, 0.05) is 23.2 Å². The Bertz CT molecular complexity index is 668. The van der Waals surface area contributed by atoms with Gasteiger partial charge in [-0.05, 0) is 24.8 Å². The third-order valence-electron chi connectivity index (χ3n) is 3.60. The quantitative estimate of drug-likeness (QED) is 0.815. The fourth-order valence-corrected chi connectivity index (χ4v) is 3.60. The Hall–Kier alpha value is -1.14. The second-order valence-corrected chi connectivity index (χ2v) is 7.02. The minimum absolute atomic E-state index is 0.161. The molecule has 1 aliphatic rings. The SMILES string of the molecule is O=C(NCC(O)COCC1CC1)c1sc2ccccc2c1Cl. The minimum atomic E-state index is -0.698. The molecule has 1 unspecified atom stereocenters. The number of carbonyl (C=O) groups excluding carboxylic acids is 1. The van der Waals surface area contributed by atoms with Crippen LogP contribution >= 0.6 is 22.9 Å². The van der Waals surface area contributed by atoms with E-state index < -0.39 is 6.10 Å². The average molecular weight is 340 g/mol. The van der Waals surface area contributed by atoms with Gasteiger partial charge < -0.3 is 15.2 Å². The first kappa shape index (κ1) is 15.7. The summed E-state index contributed by atoms with van der Waals surface area (Å²) >= 11 is 7.61. The van der Waals surface area contributed by atoms with Crippen LogP contribution in [0, 0.1) is 5.92 Å². The zero-order valence-electron chi connectivity index (χ0n) is 12.0. The molecule has 2 N–H and O–H groups in total. The fraction of sp³-hybridized carbons (Fsp3) is 0.438. The first-order chi connectivity index (χ1) is 10.6. The number of halogens is 1. The van der Waals surface area contributed by atoms with Gasteiger partial charge in [-0.15, -0.1) is 11.3 Å². The van der Waals surface area contributed by atoms with Crippen molar-refractivity contribution in [3.05, 3.63) is 34.2 Å². The maximum absolute atomic E-state index is 12.2. The molecule has 0 aliphatic heterocycles. The predicted octanol–water partition coefficient (Wildman–Crippen LogP) is 3.07. The number of thiophene rings is 1. The van der Waals surface area contributed by atoms with Crippen molar-refractivity contribution in [3.8, 4) is 0 Å². The molecule has 6 heteroatoms. The third kappa shape index (κ3) is 3.79. The molecule has 1 fully saturated rings. The lowest BCUT2D eigenvalue weighted by Gasteiger charge is -2.12. The van der Waals surface area contributed by atoms with Gasteiger partial charge in [-0.2, -0.15) is 0 Å². The topological polar surface area (TPSA) is 58.6 Å². The largest absolute Gasteiger partial charge is 0.389 e. The van der Waals surface area contributed by atoms with Gasteiger partial charge in [0.15, 0.2) is 0 Å². The minimum Gasteiger partial charge on any atom is -0.389 e. The van der Waals surface area contributed by atoms with E-state index in [-0.39, 0.29) is 19.1 Å². The Labute approximate surface area is 138 Å². The molecule has 1 aromatic carbocycles. The molecule has 1 amide bonds. The monoisotopic (exact) mass is 339 g/mol. The molecular formula is C16H18ClNO3S. The highest BCUT2D eigenvalue weighted by atomic mass is 35.5. The lowest BCUT2D eigenvalue weighted by Crippen LogP contribution is -2.34. The number of ether oxygens (including phenoxy) is 1. The number of fused-ring (bicyclic) bond motifs is 1. The normalized spacial score (nSPS) is 15.9. The highest BCUT2D eigenvalue weighted by Crippen LogP contribution is 2.34. The van der Waals surface area contributed by atoms with Crippen LogP contribution in [-0.2, 0) is 4.74 Å². The zero-order valence-corrected chi connectivity index (χ0v) is 13.6. The van der Waals surface area contributed by atoms with Crippen molar-refractivity contribution in [2.24, 2.45) is 5.92 Å².